The minimum Gasteiger partial charge on any atom is -0.358 e. The van der Waals surface area contributed by atoms with Crippen LogP contribution in [0.4, 0.5) is 0 Å². The third-order valence-electron chi connectivity index (χ3n) is 2.57. The Morgan fingerprint density at radius 3 is 2.31 bits per heavy atom. The molecule has 0 heterocycles. The van der Waals surface area contributed by atoms with Gasteiger partial charge in [-0.3, -0.25) is 14.9 Å². The van der Waals surface area contributed by atoms with Crippen molar-refractivity contribution in [2.24, 2.45) is 0 Å². The first-order valence-corrected chi connectivity index (χ1v) is 5.58. The number of carbonyl (C=O) groups is 2. The zero-order chi connectivity index (χ0) is 12.8. The third kappa shape index (κ3) is 5.70. The van der Waals surface area contributed by atoms with Crippen LogP contribution < -0.4 is 16.0 Å². The molecule has 16 heavy (non-hydrogen) atoms. The molecule has 1 atom stereocenters. The van der Waals surface area contributed by atoms with Crippen molar-refractivity contribution < 1.29 is 9.59 Å². The smallest absolute Gasteiger partial charge is 0.236 e. The third-order valence-corrected chi connectivity index (χ3v) is 2.57. The van der Waals surface area contributed by atoms with Gasteiger partial charge < -0.3 is 10.6 Å². The highest BCUT2D eigenvalue weighted by molar-refractivity contribution is 5.83. The summed E-state index contributed by atoms with van der Waals surface area (Å²) in [6.45, 7) is 7.82. The van der Waals surface area contributed by atoms with Gasteiger partial charge >= 0.3 is 0 Å². The Bertz CT molecular complexity index is 252. The molecule has 0 fully saturated rings. The molecule has 0 radical (unpaired) electrons. The lowest BCUT2D eigenvalue weighted by Gasteiger charge is -2.25. The second-order valence-electron chi connectivity index (χ2n) is 4.50. The molecule has 5 heteroatoms. The van der Waals surface area contributed by atoms with Crippen LogP contribution in [0.15, 0.2) is 0 Å². The highest BCUT2D eigenvalue weighted by Crippen LogP contribution is 2.05. The average Bonchev–Trinajstić information content (AvgIpc) is 2.24. The first-order chi connectivity index (χ1) is 7.32. The Kier molecular flexibility index (Phi) is 6.03. The largest absolute Gasteiger partial charge is 0.358 e. The van der Waals surface area contributed by atoms with Crippen molar-refractivity contribution in [3.05, 3.63) is 0 Å². The maximum absolute atomic E-state index is 11.5. The number of rotatable bonds is 6. The summed E-state index contributed by atoms with van der Waals surface area (Å²) in [6, 6.07) is -0.361. The molecule has 0 aliphatic rings. The van der Waals surface area contributed by atoms with E-state index in [4.69, 9.17) is 0 Å². The van der Waals surface area contributed by atoms with Crippen LogP contribution in [0.5, 0.6) is 0 Å². The Labute approximate surface area is 97.4 Å². The predicted molar refractivity (Wildman–Crippen MR) is 64.0 cm³/mol. The van der Waals surface area contributed by atoms with Crippen molar-refractivity contribution in [2.75, 3.05) is 13.6 Å². The van der Waals surface area contributed by atoms with E-state index in [1.807, 2.05) is 20.8 Å². The summed E-state index contributed by atoms with van der Waals surface area (Å²) in [4.78, 5) is 22.7. The Morgan fingerprint density at radius 2 is 1.88 bits per heavy atom. The van der Waals surface area contributed by atoms with E-state index < -0.39 is 0 Å². The van der Waals surface area contributed by atoms with Crippen LogP contribution in [0.2, 0.25) is 0 Å². The number of amides is 2. The highest BCUT2D eigenvalue weighted by atomic mass is 16.2. The van der Waals surface area contributed by atoms with Crippen LogP contribution in [-0.2, 0) is 9.59 Å². The van der Waals surface area contributed by atoms with E-state index in [1.165, 1.54) is 0 Å². The van der Waals surface area contributed by atoms with Gasteiger partial charge in [-0.1, -0.05) is 6.92 Å². The summed E-state index contributed by atoms with van der Waals surface area (Å²) in [5.74, 6) is -0.217. The first-order valence-electron chi connectivity index (χ1n) is 5.58. The molecule has 0 aromatic carbocycles. The standard InChI is InChI=1S/C11H23N3O2/c1-6-11(3,4)14-9(15)7-13-8(2)10(16)12-5/h8,13H,6-7H2,1-5H3,(H,12,16)(H,14,15). The molecule has 3 N–H and O–H groups in total. The van der Waals surface area contributed by atoms with Gasteiger partial charge in [0, 0.05) is 12.6 Å². The lowest BCUT2D eigenvalue weighted by Crippen LogP contribution is -2.49. The molecular weight excluding hydrogens is 206 g/mol. The zero-order valence-electron chi connectivity index (χ0n) is 10.8. The van der Waals surface area contributed by atoms with Gasteiger partial charge in [-0.2, -0.15) is 0 Å². The lowest BCUT2D eigenvalue weighted by atomic mass is 10.0. The first kappa shape index (κ1) is 14.9. The van der Waals surface area contributed by atoms with Crippen molar-refractivity contribution in [1.82, 2.24) is 16.0 Å². The van der Waals surface area contributed by atoms with Crippen molar-refractivity contribution >= 4 is 11.8 Å². The minimum absolute atomic E-state index is 0.0948. The van der Waals surface area contributed by atoms with E-state index in [1.54, 1.807) is 14.0 Å². The van der Waals surface area contributed by atoms with Crippen LogP contribution in [0.3, 0.4) is 0 Å². The zero-order valence-corrected chi connectivity index (χ0v) is 10.8. The maximum Gasteiger partial charge on any atom is 0.236 e. The summed E-state index contributed by atoms with van der Waals surface area (Å²) >= 11 is 0. The van der Waals surface area contributed by atoms with Crippen LogP contribution in [0, 0.1) is 0 Å². The maximum atomic E-state index is 11.5. The second kappa shape index (κ2) is 6.48. The second-order valence-corrected chi connectivity index (χ2v) is 4.50. The molecule has 0 aromatic rings. The monoisotopic (exact) mass is 229 g/mol. The molecule has 0 aromatic heterocycles. The molecule has 2 amide bonds. The van der Waals surface area contributed by atoms with Gasteiger partial charge in [-0.05, 0) is 27.2 Å². The molecular formula is C11H23N3O2. The van der Waals surface area contributed by atoms with E-state index in [2.05, 4.69) is 16.0 Å². The molecule has 0 spiro atoms. The highest BCUT2D eigenvalue weighted by Gasteiger charge is 2.18. The van der Waals surface area contributed by atoms with Gasteiger partial charge in [-0.25, -0.2) is 0 Å². The average molecular weight is 229 g/mol. The molecule has 0 saturated carbocycles. The lowest BCUT2D eigenvalue weighted by molar-refractivity contribution is -0.123. The van der Waals surface area contributed by atoms with Gasteiger partial charge in [0.15, 0.2) is 0 Å². The topological polar surface area (TPSA) is 70.2 Å². The van der Waals surface area contributed by atoms with Crippen molar-refractivity contribution in [3.8, 4) is 0 Å². The fourth-order valence-electron chi connectivity index (χ4n) is 1.07. The molecule has 0 rings (SSSR count). The number of hydrogen-bond acceptors (Lipinski definition) is 3. The van der Waals surface area contributed by atoms with E-state index in [-0.39, 0.29) is 29.9 Å². The summed E-state index contributed by atoms with van der Waals surface area (Å²) in [5.41, 5.74) is -0.199. The van der Waals surface area contributed by atoms with Crippen molar-refractivity contribution in [3.63, 3.8) is 0 Å². The van der Waals surface area contributed by atoms with Crippen LogP contribution in [0.1, 0.15) is 34.1 Å². The van der Waals surface area contributed by atoms with Crippen LogP contribution in [0.25, 0.3) is 0 Å². The quantitative estimate of drug-likeness (QED) is 0.601. The van der Waals surface area contributed by atoms with Crippen LogP contribution in [-0.4, -0.2) is 37.0 Å². The van der Waals surface area contributed by atoms with Crippen molar-refractivity contribution in [1.29, 1.82) is 0 Å². The Morgan fingerprint density at radius 1 is 1.31 bits per heavy atom. The normalized spacial score (nSPS) is 13.1. The van der Waals surface area contributed by atoms with E-state index >= 15 is 0 Å². The summed E-state index contributed by atoms with van der Waals surface area (Å²) in [6.07, 6.45) is 0.865. The number of hydrogen-bond donors (Lipinski definition) is 3. The molecule has 94 valence electrons. The Balaban J connectivity index is 3.95. The molecule has 0 aliphatic heterocycles. The summed E-state index contributed by atoms with van der Waals surface area (Å²) in [7, 11) is 1.57. The van der Waals surface area contributed by atoms with E-state index in [9.17, 15) is 9.59 Å². The molecule has 0 aliphatic carbocycles. The summed E-state index contributed by atoms with van der Waals surface area (Å²) < 4.78 is 0. The van der Waals surface area contributed by atoms with E-state index in [0.717, 1.165) is 6.42 Å². The van der Waals surface area contributed by atoms with Crippen molar-refractivity contribution in [2.45, 2.75) is 45.7 Å². The fourth-order valence-corrected chi connectivity index (χ4v) is 1.07. The number of likely N-dealkylation sites (N-methyl/N-ethyl adjacent to an activating group) is 1. The molecule has 5 nitrogen and oxygen atoms in total. The molecule has 1 unspecified atom stereocenters. The summed E-state index contributed by atoms with van der Waals surface area (Å²) in [5, 5.41) is 8.26. The van der Waals surface area contributed by atoms with Gasteiger partial charge in [0.1, 0.15) is 0 Å². The predicted octanol–water partition coefficient (Wildman–Crippen LogP) is 0.0153. The number of carbonyl (C=O) groups excluding carboxylic acids is 2. The minimum atomic E-state index is -0.361. The van der Waals surface area contributed by atoms with Crippen LogP contribution >= 0.6 is 0 Å². The number of nitrogens with one attached hydrogen (secondary N) is 3. The van der Waals surface area contributed by atoms with Gasteiger partial charge in [-0.15, -0.1) is 0 Å². The molecule has 0 saturated heterocycles. The Hall–Kier alpha value is -1.10. The van der Waals surface area contributed by atoms with Gasteiger partial charge in [0.05, 0.1) is 12.6 Å². The van der Waals surface area contributed by atoms with E-state index in [0.29, 0.717) is 0 Å². The SMILES string of the molecule is CCC(C)(C)NC(=O)CNC(C)C(=O)NC. The van der Waals surface area contributed by atoms with Gasteiger partial charge in [0.2, 0.25) is 11.8 Å². The van der Waals surface area contributed by atoms with Gasteiger partial charge in [0.25, 0.3) is 0 Å². The molecule has 0 bridgehead atoms. The fraction of sp³-hybridized carbons (Fsp3) is 0.818.